The molecule has 5 aromatic rings. The standard InChI is InChI=1S/C20H15N7O/c1-21-20(28)14-4-12(7-23-8-14)13-5-15-18(26-27-19(15)24-9-13)16-6-11-2-3-22-10-17(11)25-16/h2-10,25H,1H3,(H,21,28)(H,24,26,27). The lowest BCUT2D eigenvalue weighted by Crippen LogP contribution is -2.17. The second-order valence-corrected chi connectivity index (χ2v) is 6.38. The second-order valence-electron chi connectivity index (χ2n) is 6.38. The van der Waals surface area contributed by atoms with Gasteiger partial charge in [0.2, 0.25) is 0 Å². The van der Waals surface area contributed by atoms with Crippen LogP contribution in [0.4, 0.5) is 0 Å². The summed E-state index contributed by atoms with van der Waals surface area (Å²) in [4.78, 5) is 28.0. The number of nitrogens with zero attached hydrogens (tertiary/aromatic N) is 4. The molecule has 5 heterocycles. The maximum atomic E-state index is 11.9. The average Bonchev–Trinajstić information content (AvgIpc) is 3.36. The van der Waals surface area contributed by atoms with Crippen LogP contribution in [0, 0.1) is 0 Å². The summed E-state index contributed by atoms with van der Waals surface area (Å²) in [6.45, 7) is 0. The Labute approximate surface area is 159 Å². The van der Waals surface area contributed by atoms with Crippen LogP contribution >= 0.6 is 0 Å². The van der Waals surface area contributed by atoms with Gasteiger partial charge in [-0.1, -0.05) is 0 Å². The summed E-state index contributed by atoms with van der Waals surface area (Å²) in [5, 5.41) is 11.9. The third-order valence-corrected chi connectivity index (χ3v) is 4.66. The Balaban J connectivity index is 1.63. The van der Waals surface area contributed by atoms with E-state index in [-0.39, 0.29) is 5.91 Å². The summed E-state index contributed by atoms with van der Waals surface area (Å²) in [5.41, 5.74) is 5.47. The Morgan fingerprint density at radius 3 is 2.79 bits per heavy atom. The van der Waals surface area contributed by atoms with Gasteiger partial charge in [-0.25, -0.2) is 4.98 Å². The Kier molecular flexibility index (Phi) is 3.61. The van der Waals surface area contributed by atoms with Crippen molar-refractivity contribution < 1.29 is 4.79 Å². The molecule has 0 fully saturated rings. The number of amides is 1. The van der Waals surface area contributed by atoms with Crippen molar-refractivity contribution in [3.63, 3.8) is 0 Å². The summed E-state index contributed by atoms with van der Waals surface area (Å²) in [6.07, 6.45) is 8.53. The lowest BCUT2D eigenvalue weighted by molar-refractivity contribution is 0.0963. The molecule has 0 spiro atoms. The normalized spacial score (nSPS) is 11.2. The minimum absolute atomic E-state index is 0.181. The monoisotopic (exact) mass is 369 g/mol. The zero-order chi connectivity index (χ0) is 19.1. The minimum Gasteiger partial charge on any atom is -0.355 e. The first-order valence-electron chi connectivity index (χ1n) is 8.67. The molecule has 0 aliphatic carbocycles. The van der Waals surface area contributed by atoms with Gasteiger partial charge in [0, 0.05) is 53.7 Å². The van der Waals surface area contributed by atoms with E-state index in [1.54, 1.807) is 37.9 Å². The van der Waals surface area contributed by atoms with Gasteiger partial charge >= 0.3 is 0 Å². The van der Waals surface area contributed by atoms with E-state index in [1.165, 1.54) is 6.20 Å². The molecule has 3 N–H and O–H groups in total. The van der Waals surface area contributed by atoms with E-state index in [2.05, 4.69) is 35.5 Å². The maximum absolute atomic E-state index is 11.9. The van der Waals surface area contributed by atoms with E-state index in [0.717, 1.165) is 38.8 Å². The zero-order valence-corrected chi connectivity index (χ0v) is 14.9. The molecule has 28 heavy (non-hydrogen) atoms. The fourth-order valence-electron chi connectivity index (χ4n) is 3.24. The smallest absolute Gasteiger partial charge is 0.252 e. The van der Waals surface area contributed by atoms with Crippen LogP contribution in [0.2, 0.25) is 0 Å². The molecule has 8 nitrogen and oxygen atoms in total. The van der Waals surface area contributed by atoms with Gasteiger partial charge < -0.3 is 10.3 Å². The van der Waals surface area contributed by atoms with Crippen molar-refractivity contribution in [2.24, 2.45) is 0 Å². The molecule has 8 heteroatoms. The summed E-state index contributed by atoms with van der Waals surface area (Å²) >= 11 is 0. The molecule has 0 bridgehead atoms. The Hall–Kier alpha value is -4.07. The molecular weight excluding hydrogens is 354 g/mol. The van der Waals surface area contributed by atoms with Crippen LogP contribution in [-0.4, -0.2) is 43.1 Å². The SMILES string of the molecule is CNC(=O)c1cncc(-c2cnc3n[nH]c(-c4cc5ccncc5[nH]4)c3c2)c1. The van der Waals surface area contributed by atoms with Crippen molar-refractivity contribution in [1.29, 1.82) is 0 Å². The van der Waals surface area contributed by atoms with Gasteiger partial charge in [0.05, 0.1) is 28.7 Å². The van der Waals surface area contributed by atoms with Crippen LogP contribution < -0.4 is 5.32 Å². The highest BCUT2D eigenvalue weighted by Crippen LogP contribution is 2.30. The van der Waals surface area contributed by atoms with Crippen LogP contribution in [-0.2, 0) is 0 Å². The van der Waals surface area contributed by atoms with Crippen LogP contribution in [0.5, 0.6) is 0 Å². The first-order chi connectivity index (χ1) is 13.7. The van der Waals surface area contributed by atoms with E-state index in [0.29, 0.717) is 11.2 Å². The molecule has 136 valence electrons. The number of H-pyrrole nitrogens is 2. The molecule has 5 rings (SSSR count). The number of aromatic amines is 2. The third kappa shape index (κ3) is 2.59. The number of carbonyl (C=O) groups excluding carboxylic acids is 1. The van der Waals surface area contributed by atoms with Crippen molar-refractivity contribution in [2.45, 2.75) is 0 Å². The molecule has 0 unspecified atom stereocenters. The summed E-state index contributed by atoms with van der Waals surface area (Å²) in [5.74, 6) is -0.181. The molecule has 0 aromatic carbocycles. The molecule has 0 saturated heterocycles. The number of aromatic nitrogens is 6. The lowest BCUT2D eigenvalue weighted by atomic mass is 10.1. The fourth-order valence-corrected chi connectivity index (χ4v) is 3.24. The largest absolute Gasteiger partial charge is 0.355 e. The van der Waals surface area contributed by atoms with Gasteiger partial charge in [-0.3, -0.25) is 19.9 Å². The quantitative estimate of drug-likeness (QED) is 0.453. The predicted molar refractivity (Wildman–Crippen MR) is 106 cm³/mol. The molecule has 0 radical (unpaired) electrons. The van der Waals surface area contributed by atoms with Crippen molar-refractivity contribution in [3.05, 3.63) is 60.8 Å². The number of carbonyl (C=O) groups is 1. The molecule has 0 atom stereocenters. The first kappa shape index (κ1) is 16.1. The van der Waals surface area contributed by atoms with Crippen LogP contribution in [0.25, 0.3) is 44.5 Å². The third-order valence-electron chi connectivity index (χ3n) is 4.66. The van der Waals surface area contributed by atoms with E-state index in [9.17, 15) is 4.79 Å². The number of nitrogens with one attached hydrogen (secondary N) is 3. The van der Waals surface area contributed by atoms with E-state index >= 15 is 0 Å². The first-order valence-corrected chi connectivity index (χ1v) is 8.67. The highest BCUT2D eigenvalue weighted by atomic mass is 16.1. The summed E-state index contributed by atoms with van der Waals surface area (Å²) in [6, 6.07) is 7.79. The van der Waals surface area contributed by atoms with Gasteiger partial charge in [-0.05, 0) is 24.3 Å². The summed E-state index contributed by atoms with van der Waals surface area (Å²) in [7, 11) is 1.59. The van der Waals surface area contributed by atoms with Gasteiger partial charge in [0.1, 0.15) is 0 Å². The lowest BCUT2D eigenvalue weighted by Gasteiger charge is -2.04. The molecule has 5 aromatic heterocycles. The summed E-state index contributed by atoms with van der Waals surface area (Å²) < 4.78 is 0. The molecular formula is C20H15N7O. The van der Waals surface area contributed by atoms with Gasteiger partial charge in [-0.15, -0.1) is 0 Å². The fraction of sp³-hybridized carbons (Fsp3) is 0.0500. The highest BCUT2D eigenvalue weighted by Gasteiger charge is 2.13. The maximum Gasteiger partial charge on any atom is 0.252 e. The average molecular weight is 369 g/mol. The van der Waals surface area contributed by atoms with E-state index in [1.807, 2.05) is 18.2 Å². The van der Waals surface area contributed by atoms with E-state index in [4.69, 9.17) is 0 Å². The zero-order valence-electron chi connectivity index (χ0n) is 14.9. The minimum atomic E-state index is -0.181. The van der Waals surface area contributed by atoms with E-state index < -0.39 is 0 Å². The van der Waals surface area contributed by atoms with Gasteiger partial charge in [-0.2, -0.15) is 5.10 Å². The number of fused-ring (bicyclic) bond motifs is 2. The van der Waals surface area contributed by atoms with Crippen molar-refractivity contribution in [2.75, 3.05) is 7.05 Å². The van der Waals surface area contributed by atoms with Crippen LogP contribution in [0.3, 0.4) is 0 Å². The number of hydrogen-bond donors (Lipinski definition) is 3. The van der Waals surface area contributed by atoms with Gasteiger partial charge in [0.15, 0.2) is 5.65 Å². The number of hydrogen-bond acceptors (Lipinski definition) is 5. The predicted octanol–water partition coefficient (Wildman–Crippen LogP) is 2.92. The number of rotatable bonds is 3. The van der Waals surface area contributed by atoms with Crippen molar-refractivity contribution >= 4 is 27.8 Å². The Bertz CT molecular complexity index is 1300. The number of pyridine rings is 3. The second kappa shape index (κ2) is 6.27. The molecule has 0 aliphatic heterocycles. The Morgan fingerprint density at radius 1 is 1.04 bits per heavy atom. The Morgan fingerprint density at radius 2 is 1.93 bits per heavy atom. The van der Waals surface area contributed by atoms with Crippen molar-refractivity contribution in [3.8, 4) is 22.5 Å². The highest BCUT2D eigenvalue weighted by molar-refractivity contribution is 5.97. The van der Waals surface area contributed by atoms with Gasteiger partial charge in [0.25, 0.3) is 5.91 Å². The topological polar surface area (TPSA) is 112 Å². The van der Waals surface area contributed by atoms with Crippen LogP contribution in [0.15, 0.2) is 55.2 Å². The molecule has 0 saturated carbocycles. The van der Waals surface area contributed by atoms with Crippen LogP contribution in [0.1, 0.15) is 10.4 Å². The molecule has 1 amide bonds. The molecule has 0 aliphatic rings. The van der Waals surface area contributed by atoms with Crippen molar-refractivity contribution in [1.82, 2.24) is 35.5 Å².